The van der Waals surface area contributed by atoms with Crippen LogP contribution in [0.1, 0.15) is 22.8 Å². The fraction of sp³-hybridized carbons (Fsp3) is 0.222. The minimum absolute atomic E-state index is 0.0518. The molecule has 30 heavy (non-hydrogen) atoms. The van der Waals surface area contributed by atoms with Gasteiger partial charge in [0.05, 0.1) is 29.5 Å². The third-order valence-electron chi connectivity index (χ3n) is 4.17. The lowest BCUT2D eigenvalue weighted by Gasteiger charge is -2.25. The molecule has 0 aliphatic rings. The quantitative estimate of drug-likeness (QED) is 0.338. The molecule has 0 saturated heterocycles. The zero-order chi connectivity index (χ0) is 22.2. The predicted octanol–water partition coefficient (Wildman–Crippen LogP) is 4.72. The standard InChI is InChI=1S/C18H12Cl2F3N5O2/c1-18(23,17(21)22)27-15-11(9-5-3-4-8(6-24)12(9)19)13(20)26-14-10(16(29)30-2)7-25-28(14)15/h3-5,7,17,27H,1-2H3/t18-/m1/s1. The van der Waals surface area contributed by atoms with Gasteiger partial charge in [-0.15, -0.1) is 0 Å². The Morgan fingerprint density at radius 3 is 2.70 bits per heavy atom. The van der Waals surface area contributed by atoms with Gasteiger partial charge in [-0.25, -0.2) is 22.9 Å². The third-order valence-corrected chi connectivity index (χ3v) is 4.85. The molecule has 0 spiro atoms. The number of benzene rings is 1. The van der Waals surface area contributed by atoms with Crippen molar-refractivity contribution in [2.75, 3.05) is 12.4 Å². The van der Waals surface area contributed by atoms with Crippen LogP contribution >= 0.6 is 23.2 Å². The number of ether oxygens (including phenoxy) is 1. The number of methoxy groups -OCH3 is 1. The van der Waals surface area contributed by atoms with Gasteiger partial charge >= 0.3 is 5.97 Å². The summed E-state index contributed by atoms with van der Waals surface area (Å²) in [5.74, 6) is -4.36. The van der Waals surface area contributed by atoms with E-state index in [4.69, 9.17) is 23.2 Å². The van der Waals surface area contributed by atoms with Crippen molar-refractivity contribution in [2.24, 2.45) is 0 Å². The van der Waals surface area contributed by atoms with Crippen LogP contribution in [0.15, 0.2) is 24.4 Å². The second kappa shape index (κ2) is 8.01. The van der Waals surface area contributed by atoms with Crippen molar-refractivity contribution in [2.45, 2.75) is 19.1 Å². The van der Waals surface area contributed by atoms with Gasteiger partial charge in [0.1, 0.15) is 22.6 Å². The molecule has 0 unspecified atom stereocenters. The molecule has 3 rings (SSSR count). The lowest BCUT2D eigenvalue weighted by atomic mass is 10.0. The van der Waals surface area contributed by atoms with Crippen molar-refractivity contribution in [3.05, 3.63) is 45.7 Å². The molecule has 12 heteroatoms. The number of nitrogens with zero attached hydrogens (tertiary/aromatic N) is 4. The molecule has 1 N–H and O–H groups in total. The number of nitrogens with one attached hydrogen (secondary N) is 1. The number of alkyl halides is 3. The van der Waals surface area contributed by atoms with E-state index in [1.807, 2.05) is 6.07 Å². The summed E-state index contributed by atoms with van der Waals surface area (Å²) in [6, 6.07) is 6.24. The maximum Gasteiger partial charge on any atom is 0.343 e. The maximum atomic E-state index is 14.6. The van der Waals surface area contributed by atoms with Gasteiger partial charge in [0.15, 0.2) is 5.65 Å². The highest BCUT2D eigenvalue weighted by molar-refractivity contribution is 6.37. The highest BCUT2D eigenvalue weighted by Crippen LogP contribution is 2.41. The number of esters is 1. The van der Waals surface area contributed by atoms with Crippen molar-refractivity contribution in [3.63, 3.8) is 0 Å². The molecule has 0 radical (unpaired) electrons. The van der Waals surface area contributed by atoms with Crippen LogP contribution < -0.4 is 5.32 Å². The van der Waals surface area contributed by atoms with Crippen molar-refractivity contribution in [1.29, 1.82) is 5.26 Å². The summed E-state index contributed by atoms with van der Waals surface area (Å²) in [4.78, 5) is 16.1. The first-order valence-electron chi connectivity index (χ1n) is 8.22. The lowest BCUT2D eigenvalue weighted by molar-refractivity contribution is -0.00293. The molecule has 0 fully saturated rings. The molecule has 0 saturated carbocycles. The summed E-state index contributed by atoms with van der Waals surface area (Å²) in [5, 5.41) is 14.9. The zero-order valence-corrected chi connectivity index (χ0v) is 16.9. The van der Waals surface area contributed by atoms with E-state index in [-0.39, 0.29) is 43.9 Å². The van der Waals surface area contributed by atoms with Crippen molar-refractivity contribution in [1.82, 2.24) is 14.6 Å². The number of hydrogen-bond acceptors (Lipinski definition) is 6. The van der Waals surface area contributed by atoms with E-state index in [2.05, 4.69) is 20.1 Å². The lowest BCUT2D eigenvalue weighted by Crippen LogP contribution is -2.38. The molecule has 1 aromatic carbocycles. The van der Waals surface area contributed by atoms with Gasteiger partial charge in [-0.2, -0.15) is 14.9 Å². The van der Waals surface area contributed by atoms with E-state index < -0.39 is 18.2 Å². The Hall–Kier alpha value is -3.03. The number of aromatic nitrogens is 3. The largest absolute Gasteiger partial charge is 0.465 e. The minimum Gasteiger partial charge on any atom is -0.465 e. The molecule has 1 atom stereocenters. The van der Waals surface area contributed by atoms with Crippen LogP contribution in [0, 0.1) is 11.3 Å². The van der Waals surface area contributed by atoms with Crippen molar-refractivity contribution < 1.29 is 22.7 Å². The number of carbonyl (C=O) groups is 1. The van der Waals surface area contributed by atoms with E-state index >= 15 is 0 Å². The number of nitriles is 1. The number of anilines is 1. The second-order valence-corrected chi connectivity index (χ2v) is 6.93. The Morgan fingerprint density at radius 1 is 1.40 bits per heavy atom. The zero-order valence-electron chi connectivity index (χ0n) is 15.4. The monoisotopic (exact) mass is 457 g/mol. The average molecular weight is 458 g/mol. The van der Waals surface area contributed by atoms with Crippen LogP contribution in [0.3, 0.4) is 0 Å². The first-order chi connectivity index (χ1) is 14.1. The summed E-state index contributed by atoms with van der Waals surface area (Å²) < 4.78 is 46.7. The summed E-state index contributed by atoms with van der Waals surface area (Å²) >= 11 is 12.6. The summed E-state index contributed by atoms with van der Waals surface area (Å²) in [7, 11) is 1.13. The second-order valence-electron chi connectivity index (χ2n) is 6.19. The molecule has 156 valence electrons. The van der Waals surface area contributed by atoms with Gasteiger partial charge < -0.3 is 10.1 Å². The smallest absolute Gasteiger partial charge is 0.343 e. The van der Waals surface area contributed by atoms with E-state index in [9.17, 15) is 23.2 Å². The van der Waals surface area contributed by atoms with Gasteiger partial charge in [0.2, 0.25) is 5.79 Å². The van der Waals surface area contributed by atoms with Crippen molar-refractivity contribution in [3.8, 4) is 17.2 Å². The molecular formula is C18H12Cl2F3N5O2. The van der Waals surface area contributed by atoms with E-state index in [1.165, 1.54) is 18.2 Å². The van der Waals surface area contributed by atoms with Crippen LogP contribution in [-0.2, 0) is 4.74 Å². The first kappa shape index (κ1) is 21.7. The number of carbonyl (C=O) groups excluding carboxylic acids is 1. The summed E-state index contributed by atoms with van der Waals surface area (Å²) in [6.07, 6.45) is -2.35. The van der Waals surface area contributed by atoms with E-state index in [1.54, 1.807) is 0 Å². The fourth-order valence-corrected chi connectivity index (χ4v) is 3.21. The Balaban J connectivity index is 2.40. The van der Waals surface area contributed by atoms with Gasteiger partial charge in [0.25, 0.3) is 6.43 Å². The number of halogens is 5. The highest BCUT2D eigenvalue weighted by Gasteiger charge is 2.37. The minimum atomic E-state index is -3.43. The molecule has 2 aromatic heterocycles. The van der Waals surface area contributed by atoms with Gasteiger partial charge in [-0.3, -0.25) is 0 Å². The normalized spacial score (nSPS) is 13.2. The molecule has 0 aliphatic carbocycles. The summed E-state index contributed by atoms with van der Waals surface area (Å²) in [5.41, 5.74) is -0.170. The SMILES string of the molecule is COC(=O)c1cnn2c(N[C@@](C)(F)C(F)F)c(-c3cccc(C#N)c3Cl)c(Cl)nc12. The molecule has 2 heterocycles. The highest BCUT2D eigenvalue weighted by atomic mass is 35.5. The third kappa shape index (κ3) is 3.62. The average Bonchev–Trinajstić information content (AvgIpc) is 3.11. The molecule has 0 aliphatic heterocycles. The van der Waals surface area contributed by atoms with Gasteiger partial charge in [-0.05, 0) is 13.0 Å². The Kier molecular flexibility index (Phi) is 5.78. The molecule has 0 amide bonds. The van der Waals surface area contributed by atoms with E-state index in [0.717, 1.165) is 17.8 Å². The molecule has 3 aromatic rings. The van der Waals surface area contributed by atoms with Crippen LogP contribution in [-0.4, -0.2) is 39.9 Å². The van der Waals surface area contributed by atoms with Crippen molar-refractivity contribution >= 4 is 40.6 Å². The number of hydrogen-bond donors (Lipinski definition) is 1. The predicted molar refractivity (Wildman–Crippen MR) is 104 cm³/mol. The Labute approximate surface area is 178 Å². The van der Waals surface area contributed by atoms with Gasteiger partial charge in [0, 0.05) is 5.56 Å². The first-order valence-corrected chi connectivity index (χ1v) is 8.97. The van der Waals surface area contributed by atoms with Crippen LogP contribution in [0.2, 0.25) is 10.2 Å². The molecule has 0 bridgehead atoms. The fourth-order valence-electron chi connectivity index (χ4n) is 2.67. The number of rotatable bonds is 5. The van der Waals surface area contributed by atoms with Crippen LogP contribution in [0.4, 0.5) is 19.0 Å². The summed E-state index contributed by atoms with van der Waals surface area (Å²) in [6.45, 7) is 0.625. The molecular weight excluding hydrogens is 446 g/mol. The topological polar surface area (TPSA) is 92.3 Å². The van der Waals surface area contributed by atoms with Crippen LogP contribution in [0.5, 0.6) is 0 Å². The van der Waals surface area contributed by atoms with E-state index in [0.29, 0.717) is 6.92 Å². The Morgan fingerprint density at radius 2 is 2.10 bits per heavy atom. The number of fused-ring (bicyclic) bond motifs is 1. The van der Waals surface area contributed by atoms with Crippen LogP contribution in [0.25, 0.3) is 16.8 Å². The van der Waals surface area contributed by atoms with Gasteiger partial charge in [-0.1, -0.05) is 35.3 Å². The molecule has 7 nitrogen and oxygen atoms in total. The maximum absolute atomic E-state index is 14.6. The Bertz CT molecular complexity index is 1190.